The van der Waals surface area contributed by atoms with Crippen molar-refractivity contribution in [2.75, 3.05) is 13.2 Å². The van der Waals surface area contributed by atoms with Crippen molar-refractivity contribution < 1.29 is 9.90 Å². The molecule has 2 N–H and O–H groups in total. The van der Waals surface area contributed by atoms with E-state index in [4.69, 9.17) is 0 Å². The van der Waals surface area contributed by atoms with Crippen molar-refractivity contribution in [1.29, 1.82) is 0 Å². The Labute approximate surface area is 134 Å². The molecule has 2 rings (SSSR count). The van der Waals surface area contributed by atoms with Gasteiger partial charge in [-0.1, -0.05) is 62.9 Å². The van der Waals surface area contributed by atoms with Crippen LogP contribution in [0.3, 0.4) is 0 Å². The number of hydrogen-bond donors (Lipinski definition) is 2. The second kappa shape index (κ2) is 8.33. The van der Waals surface area contributed by atoms with Crippen LogP contribution < -0.4 is 5.32 Å². The fourth-order valence-electron chi connectivity index (χ4n) is 3.30. The molecule has 0 heterocycles. The summed E-state index contributed by atoms with van der Waals surface area (Å²) in [6.45, 7) is 2.63. The zero-order valence-corrected chi connectivity index (χ0v) is 13.7. The first-order valence-electron chi connectivity index (χ1n) is 8.53. The van der Waals surface area contributed by atoms with Gasteiger partial charge in [-0.3, -0.25) is 4.79 Å². The largest absolute Gasteiger partial charge is 0.396 e. The molecule has 1 saturated carbocycles. The van der Waals surface area contributed by atoms with Crippen molar-refractivity contribution in [2.24, 2.45) is 11.3 Å². The van der Waals surface area contributed by atoms with Crippen molar-refractivity contribution in [3.05, 3.63) is 35.9 Å². The van der Waals surface area contributed by atoms with Gasteiger partial charge in [0.1, 0.15) is 0 Å². The summed E-state index contributed by atoms with van der Waals surface area (Å²) in [4.78, 5) is 12.0. The summed E-state index contributed by atoms with van der Waals surface area (Å²) in [6, 6.07) is 10.1. The van der Waals surface area contributed by atoms with Crippen molar-refractivity contribution in [3.8, 4) is 0 Å². The van der Waals surface area contributed by atoms with Gasteiger partial charge in [0.15, 0.2) is 0 Å². The molecule has 0 saturated heterocycles. The summed E-state index contributed by atoms with van der Waals surface area (Å²) >= 11 is 0. The summed E-state index contributed by atoms with van der Waals surface area (Å²) in [5.41, 5.74) is 0.893. The van der Waals surface area contributed by atoms with Crippen molar-refractivity contribution in [2.45, 2.75) is 51.9 Å². The second-order valence-electron chi connectivity index (χ2n) is 7.10. The normalized spacial score (nSPS) is 18.1. The molecule has 3 heteroatoms. The van der Waals surface area contributed by atoms with Gasteiger partial charge in [0.2, 0.25) is 5.91 Å². The first kappa shape index (κ1) is 17.0. The third-order valence-electron chi connectivity index (χ3n) is 4.82. The number of amides is 1. The van der Waals surface area contributed by atoms with Gasteiger partial charge in [-0.25, -0.2) is 0 Å². The zero-order valence-electron chi connectivity index (χ0n) is 13.7. The zero-order chi connectivity index (χ0) is 15.8. The fourth-order valence-corrected chi connectivity index (χ4v) is 3.30. The molecule has 0 aromatic heterocycles. The van der Waals surface area contributed by atoms with Crippen LogP contribution >= 0.6 is 0 Å². The monoisotopic (exact) mass is 303 g/mol. The molecular weight excluding hydrogens is 274 g/mol. The quantitative estimate of drug-likeness (QED) is 0.774. The van der Waals surface area contributed by atoms with Gasteiger partial charge < -0.3 is 10.4 Å². The van der Waals surface area contributed by atoms with Crippen LogP contribution in [0.5, 0.6) is 0 Å². The van der Waals surface area contributed by atoms with E-state index in [1.165, 1.54) is 31.2 Å². The number of aliphatic hydroxyl groups is 1. The molecule has 0 bridgehead atoms. The van der Waals surface area contributed by atoms with Gasteiger partial charge in [-0.2, -0.15) is 0 Å². The third kappa shape index (κ3) is 5.45. The molecule has 3 nitrogen and oxygen atoms in total. The maximum Gasteiger partial charge on any atom is 0.220 e. The maximum absolute atomic E-state index is 12.0. The highest BCUT2D eigenvalue weighted by Crippen LogP contribution is 2.28. The van der Waals surface area contributed by atoms with Crippen LogP contribution in [0.25, 0.3) is 0 Å². The van der Waals surface area contributed by atoms with E-state index < -0.39 is 0 Å². The average Bonchev–Trinajstić information content (AvgIpc) is 3.05. The van der Waals surface area contributed by atoms with E-state index in [0.29, 0.717) is 13.0 Å². The van der Waals surface area contributed by atoms with Crippen molar-refractivity contribution in [1.82, 2.24) is 5.32 Å². The number of nitrogens with one attached hydrogen (secondary N) is 1. The van der Waals surface area contributed by atoms with Crippen LogP contribution in [0.4, 0.5) is 0 Å². The lowest BCUT2D eigenvalue weighted by Gasteiger charge is -2.28. The Hall–Kier alpha value is -1.35. The number of benzene rings is 1. The summed E-state index contributed by atoms with van der Waals surface area (Å²) in [5.74, 6) is 0.874. The molecule has 0 spiro atoms. The summed E-state index contributed by atoms with van der Waals surface area (Å²) in [7, 11) is 0. The smallest absolute Gasteiger partial charge is 0.220 e. The molecule has 0 unspecified atom stereocenters. The van der Waals surface area contributed by atoms with E-state index in [1.54, 1.807) is 0 Å². The van der Waals surface area contributed by atoms with Gasteiger partial charge in [-0.15, -0.1) is 0 Å². The van der Waals surface area contributed by atoms with Gasteiger partial charge in [0.05, 0.1) is 6.61 Å². The highest BCUT2D eigenvalue weighted by Gasteiger charge is 2.25. The minimum Gasteiger partial charge on any atom is -0.396 e. The van der Waals surface area contributed by atoms with Gasteiger partial charge in [0, 0.05) is 18.4 Å². The molecule has 1 amide bonds. The summed E-state index contributed by atoms with van der Waals surface area (Å²) in [5, 5.41) is 12.7. The topological polar surface area (TPSA) is 49.3 Å². The predicted octanol–water partition coefficient (Wildman–Crippen LogP) is 3.31. The van der Waals surface area contributed by atoms with Crippen LogP contribution in [-0.4, -0.2) is 24.2 Å². The minimum absolute atomic E-state index is 0.0742. The highest BCUT2D eigenvalue weighted by molar-refractivity contribution is 5.75. The van der Waals surface area contributed by atoms with Crippen molar-refractivity contribution >= 4 is 5.91 Å². The van der Waals surface area contributed by atoms with Crippen LogP contribution in [0, 0.1) is 11.3 Å². The molecule has 0 aliphatic heterocycles. The van der Waals surface area contributed by atoms with Gasteiger partial charge >= 0.3 is 0 Å². The van der Waals surface area contributed by atoms with E-state index in [-0.39, 0.29) is 17.9 Å². The second-order valence-corrected chi connectivity index (χ2v) is 7.10. The maximum atomic E-state index is 12.0. The molecule has 1 aliphatic carbocycles. The Kier molecular flexibility index (Phi) is 6.44. The van der Waals surface area contributed by atoms with Crippen LogP contribution in [0.1, 0.15) is 51.0 Å². The molecule has 1 atom stereocenters. The molecule has 1 aromatic carbocycles. The van der Waals surface area contributed by atoms with Crippen LogP contribution in [0.15, 0.2) is 30.3 Å². The Bertz CT molecular complexity index is 454. The van der Waals surface area contributed by atoms with E-state index >= 15 is 0 Å². The van der Waals surface area contributed by atoms with E-state index in [9.17, 15) is 9.90 Å². The fraction of sp³-hybridized carbons (Fsp3) is 0.632. The standard InChI is InChI=1S/C19H29NO2/c1-19(15-21,13-17-9-3-2-4-10-17)14-20-18(22)12-11-16-7-5-6-8-16/h2-4,9-10,16,21H,5-8,11-15H2,1H3,(H,20,22)/t19-/m0/s1. The summed E-state index contributed by atoms with van der Waals surface area (Å²) < 4.78 is 0. The number of rotatable bonds is 8. The lowest BCUT2D eigenvalue weighted by molar-refractivity contribution is -0.122. The Morgan fingerprint density at radius 3 is 2.59 bits per heavy atom. The van der Waals surface area contributed by atoms with E-state index in [0.717, 1.165) is 18.8 Å². The molecule has 0 radical (unpaired) electrons. The van der Waals surface area contributed by atoms with Gasteiger partial charge in [-0.05, 0) is 24.3 Å². The summed E-state index contributed by atoms with van der Waals surface area (Å²) in [6.07, 6.45) is 7.63. The third-order valence-corrected chi connectivity index (χ3v) is 4.82. The minimum atomic E-state index is -0.301. The number of hydrogen-bond acceptors (Lipinski definition) is 2. The number of carbonyl (C=O) groups excluding carboxylic acids is 1. The molecule has 1 fully saturated rings. The molecule has 1 aliphatic rings. The first-order valence-corrected chi connectivity index (χ1v) is 8.53. The average molecular weight is 303 g/mol. The van der Waals surface area contributed by atoms with Crippen LogP contribution in [0.2, 0.25) is 0 Å². The van der Waals surface area contributed by atoms with Crippen LogP contribution in [-0.2, 0) is 11.2 Å². The SMILES string of the molecule is C[C@@](CO)(CNC(=O)CCC1CCCC1)Cc1ccccc1. The van der Waals surface area contributed by atoms with E-state index in [2.05, 4.69) is 17.4 Å². The van der Waals surface area contributed by atoms with Gasteiger partial charge in [0.25, 0.3) is 0 Å². The Morgan fingerprint density at radius 2 is 1.95 bits per heavy atom. The Balaban J connectivity index is 1.75. The molecule has 122 valence electrons. The highest BCUT2D eigenvalue weighted by atomic mass is 16.3. The molecule has 22 heavy (non-hydrogen) atoms. The van der Waals surface area contributed by atoms with Crippen molar-refractivity contribution in [3.63, 3.8) is 0 Å². The predicted molar refractivity (Wildman–Crippen MR) is 89.5 cm³/mol. The Morgan fingerprint density at radius 1 is 1.27 bits per heavy atom. The lowest BCUT2D eigenvalue weighted by atomic mass is 9.84. The molecular formula is C19H29NO2. The molecule has 1 aromatic rings. The lowest BCUT2D eigenvalue weighted by Crippen LogP contribution is -2.39. The van der Waals surface area contributed by atoms with E-state index in [1.807, 2.05) is 25.1 Å². The number of aliphatic hydroxyl groups excluding tert-OH is 1. The number of carbonyl (C=O) groups is 1. The first-order chi connectivity index (χ1) is 10.6.